The number of amides is 3. The molecule has 3 aromatic rings. The second-order valence-electron chi connectivity index (χ2n) is 7.20. The van der Waals surface area contributed by atoms with Crippen LogP contribution in [0, 0.1) is 0 Å². The molecule has 0 atom stereocenters. The Bertz CT molecular complexity index is 1300. The predicted octanol–water partition coefficient (Wildman–Crippen LogP) is 5.26. The molecule has 34 heavy (non-hydrogen) atoms. The molecule has 0 radical (unpaired) electrons. The third kappa shape index (κ3) is 5.23. The lowest BCUT2D eigenvalue weighted by Gasteiger charge is -2.11. The number of methoxy groups -OCH3 is 1. The van der Waals surface area contributed by atoms with Crippen LogP contribution in [0.25, 0.3) is 6.08 Å². The minimum absolute atomic E-state index is 0.0104. The zero-order valence-electron chi connectivity index (χ0n) is 17.8. The first-order chi connectivity index (χ1) is 16.4. The molecule has 1 aromatic heterocycles. The molecule has 0 aliphatic carbocycles. The van der Waals surface area contributed by atoms with E-state index in [0.717, 1.165) is 19.4 Å². The van der Waals surface area contributed by atoms with Gasteiger partial charge in [0.05, 0.1) is 13.7 Å². The first-order valence-electron chi connectivity index (χ1n) is 10.0. The Hall–Kier alpha value is -3.37. The third-order valence-electron chi connectivity index (χ3n) is 4.94. The SMILES string of the molecule is COC(=O)c1ccc(CN2C(=O)N/C(=C\c3ccccc3OCc3ccc(Br)cc3Br)C2=O)o1. The highest BCUT2D eigenvalue weighted by atomic mass is 79.9. The summed E-state index contributed by atoms with van der Waals surface area (Å²) in [6, 6.07) is 15.3. The van der Waals surface area contributed by atoms with Crippen LogP contribution in [0.5, 0.6) is 5.75 Å². The van der Waals surface area contributed by atoms with Gasteiger partial charge in [-0.05, 0) is 36.4 Å². The smallest absolute Gasteiger partial charge is 0.373 e. The highest BCUT2D eigenvalue weighted by Gasteiger charge is 2.34. The molecule has 0 spiro atoms. The summed E-state index contributed by atoms with van der Waals surface area (Å²) in [5.74, 6) is -0.348. The van der Waals surface area contributed by atoms with Gasteiger partial charge in [0.25, 0.3) is 5.91 Å². The van der Waals surface area contributed by atoms with Crippen LogP contribution >= 0.6 is 31.9 Å². The van der Waals surface area contributed by atoms with E-state index >= 15 is 0 Å². The largest absolute Gasteiger partial charge is 0.488 e. The quantitative estimate of drug-likeness (QED) is 0.229. The molecule has 174 valence electrons. The van der Waals surface area contributed by atoms with Crippen molar-refractivity contribution in [3.8, 4) is 5.75 Å². The van der Waals surface area contributed by atoms with Crippen molar-refractivity contribution in [3.05, 3.63) is 91.9 Å². The Morgan fingerprint density at radius 3 is 2.68 bits per heavy atom. The highest BCUT2D eigenvalue weighted by molar-refractivity contribution is 9.11. The van der Waals surface area contributed by atoms with Gasteiger partial charge >= 0.3 is 12.0 Å². The van der Waals surface area contributed by atoms with Gasteiger partial charge in [0.15, 0.2) is 0 Å². The number of esters is 1. The van der Waals surface area contributed by atoms with Gasteiger partial charge in [0.1, 0.15) is 23.8 Å². The summed E-state index contributed by atoms with van der Waals surface area (Å²) >= 11 is 6.94. The number of nitrogens with zero attached hydrogens (tertiary/aromatic N) is 1. The number of nitrogens with one attached hydrogen (secondary N) is 1. The number of urea groups is 1. The van der Waals surface area contributed by atoms with Crippen LogP contribution in [0.15, 0.2) is 73.7 Å². The standard InChI is InChI=1S/C24H18Br2N2O6/c1-32-23(30)21-9-8-17(34-21)12-28-22(29)19(27-24(28)31)10-14-4-2-3-5-20(14)33-13-15-6-7-16(25)11-18(15)26/h2-11H,12-13H2,1H3,(H,27,31)/b19-10-. The number of carbonyl (C=O) groups is 3. The molecule has 3 amide bonds. The Kier molecular flexibility index (Phi) is 7.18. The van der Waals surface area contributed by atoms with E-state index in [1.165, 1.54) is 19.2 Å². The van der Waals surface area contributed by atoms with E-state index in [9.17, 15) is 14.4 Å². The summed E-state index contributed by atoms with van der Waals surface area (Å²) in [6.45, 7) is 0.177. The van der Waals surface area contributed by atoms with Crippen LogP contribution in [0.1, 0.15) is 27.4 Å². The summed E-state index contributed by atoms with van der Waals surface area (Å²) in [4.78, 5) is 37.9. The molecule has 1 fully saturated rings. The number of imide groups is 1. The van der Waals surface area contributed by atoms with Crippen molar-refractivity contribution in [1.82, 2.24) is 10.2 Å². The van der Waals surface area contributed by atoms with Crippen LogP contribution in [-0.4, -0.2) is 29.9 Å². The highest BCUT2D eigenvalue weighted by Crippen LogP contribution is 2.27. The molecule has 1 saturated heterocycles. The number of furan rings is 1. The topological polar surface area (TPSA) is 98.1 Å². The number of ether oxygens (including phenoxy) is 2. The Morgan fingerprint density at radius 2 is 1.91 bits per heavy atom. The minimum Gasteiger partial charge on any atom is -0.488 e. The van der Waals surface area contributed by atoms with E-state index in [1.807, 2.05) is 30.3 Å². The van der Waals surface area contributed by atoms with Crippen molar-refractivity contribution >= 4 is 55.8 Å². The lowest BCUT2D eigenvalue weighted by Crippen LogP contribution is -2.30. The third-order valence-corrected chi connectivity index (χ3v) is 6.17. The van der Waals surface area contributed by atoms with E-state index in [0.29, 0.717) is 17.9 Å². The van der Waals surface area contributed by atoms with E-state index < -0.39 is 17.9 Å². The number of halogens is 2. The van der Waals surface area contributed by atoms with Crippen molar-refractivity contribution in [3.63, 3.8) is 0 Å². The van der Waals surface area contributed by atoms with E-state index in [2.05, 4.69) is 41.9 Å². The zero-order valence-corrected chi connectivity index (χ0v) is 21.0. The summed E-state index contributed by atoms with van der Waals surface area (Å²) < 4.78 is 17.8. The van der Waals surface area contributed by atoms with Gasteiger partial charge in [-0.15, -0.1) is 0 Å². The molecule has 8 nitrogen and oxygen atoms in total. The van der Waals surface area contributed by atoms with Gasteiger partial charge in [-0.1, -0.05) is 56.1 Å². The predicted molar refractivity (Wildman–Crippen MR) is 130 cm³/mol. The number of hydrogen-bond donors (Lipinski definition) is 1. The maximum absolute atomic E-state index is 12.9. The Balaban J connectivity index is 1.50. The van der Waals surface area contributed by atoms with Crippen molar-refractivity contribution in [2.45, 2.75) is 13.2 Å². The summed E-state index contributed by atoms with van der Waals surface area (Å²) in [5.41, 5.74) is 1.68. The van der Waals surface area contributed by atoms with Gasteiger partial charge < -0.3 is 19.2 Å². The molecular formula is C24H18Br2N2O6. The molecule has 0 bridgehead atoms. The molecule has 1 N–H and O–H groups in total. The van der Waals surface area contributed by atoms with E-state index in [4.69, 9.17) is 9.15 Å². The van der Waals surface area contributed by atoms with Crippen LogP contribution in [0.4, 0.5) is 4.79 Å². The number of hydrogen-bond acceptors (Lipinski definition) is 6. The van der Waals surface area contributed by atoms with Gasteiger partial charge in [-0.25, -0.2) is 9.59 Å². The van der Waals surface area contributed by atoms with Crippen LogP contribution in [-0.2, 0) is 22.7 Å². The van der Waals surface area contributed by atoms with Gasteiger partial charge in [-0.3, -0.25) is 9.69 Å². The fourth-order valence-corrected chi connectivity index (χ4v) is 4.39. The number of rotatable bonds is 7. The molecule has 0 saturated carbocycles. The molecule has 1 aliphatic heterocycles. The monoisotopic (exact) mass is 588 g/mol. The zero-order chi connectivity index (χ0) is 24.2. The van der Waals surface area contributed by atoms with Gasteiger partial charge in [0, 0.05) is 20.1 Å². The van der Waals surface area contributed by atoms with Crippen molar-refractivity contribution in [2.75, 3.05) is 7.11 Å². The fraction of sp³-hybridized carbons (Fsp3) is 0.125. The molecule has 2 heterocycles. The summed E-state index contributed by atoms with van der Waals surface area (Å²) in [7, 11) is 1.23. The number of carbonyl (C=O) groups excluding carboxylic acids is 3. The van der Waals surface area contributed by atoms with Crippen LogP contribution < -0.4 is 10.1 Å². The molecule has 1 aliphatic rings. The van der Waals surface area contributed by atoms with Crippen LogP contribution in [0.2, 0.25) is 0 Å². The first kappa shape index (κ1) is 23.8. The Labute approximate surface area is 211 Å². The average Bonchev–Trinajstić information content (AvgIpc) is 3.39. The molecular weight excluding hydrogens is 572 g/mol. The lowest BCUT2D eigenvalue weighted by molar-refractivity contribution is -0.123. The van der Waals surface area contributed by atoms with E-state index in [-0.39, 0.29) is 23.8 Å². The second-order valence-corrected chi connectivity index (χ2v) is 8.97. The number of para-hydroxylation sites is 1. The molecule has 10 heteroatoms. The molecule has 0 unspecified atom stereocenters. The van der Waals surface area contributed by atoms with Crippen molar-refractivity contribution in [2.24, 2.45) is 0 Å². The molecule has 2 aromatic carbocycles. The Morgan fingerprint density at radius 1 is 1.12 bits per heavy atom. The second kappa shape index (κ2) is 10.3. The first-order valence-corrected chi connectivity index (χ1v) is 11.6. The maximum atomic E-state index is 12.9. The van der Waals surface area contributed by atoms with E-state index in [1.54, 1.807) is 18.2 Å². The lowest BCUT2D eigenvalue weighted by atomic mass is 10.1. The fourth-order valence-electron chi connectivity index (χ4n) is 3.23. The number of benzene rings is 2. The molecule has 4 rings (SSSR count). The normalized spacial score (nSPS) is 14.4. The average molecular weight is 590 g/mol. The maximum Gasteiger partial charge on any atom is 0.373 e. The van der Waals surface area contributed by atoms with Gasteiger partial charge in [0.2, 0.25) is 5.76 Å². The minimum atomic E-state index is -0.643. The summed E-state index contributed by atoms with van der Waals surface area (Å²) in [5, 5.41) is 2.58. The van der Waals surface area contributed by atoms with Crippen molar-refractivity contribution < 1.29 is 28.3 Å². The van der Waals surface area contributed by atoms with Crippen LogP contribution in [0.3, 0.4) is 0 Å². The van der Waals surface area contributed by atoms with Crippen molar-refractivity contribution in [1.29, 1.82) is 0 Å². The van der Waals surface area contributed by atoms with Gasteiger partial charge in [-0.2, -0.15) is 0 Å². The summed E-state index contributed by atoms with van der Waals surface area (Å²) in [6.07, 6.45) is 1.56.